The lowest BCUT2D eigenvalue weighted by Gasteiger charge is -2.04. The number of halogens is 1. The van der Waals surface area contributed by atoms with Gasteiger partial charge in [0.05, 0.1) is 29.9 Å². The van der Waals surface area contributed by atoms with E-state index in [0.717, 1.165) is 17.0 Å². The smallest absolute Gasteiger partial charge is 0.212 e. The van der Waals surface area contributed by atoms with E-state index in [2.05, 4.69) is 10.1 Å². The Balaban J connectivity index is 2.05. The summed E-state index contributed by atoms with van der Waals surface area (Å²) in [6, 6.07) is 3.57. The molecule has 20 heavy (non-hydrogen) atoms. The molecule has 0 saturated heterocycles. The molecule has 2 heterocycles. The number of rotatable bonds is 5. The number of methoxy groups -OCH3 is 1. The van der Waals surface area contributed by atoms with Crippen LogP contribution >= 0.6 is 11.6 Å². The zero-order chi connectivity index (χ0) is 14.7. The number of Topliss-reactive ketones (excluding diaryl/α,β-unsaturated/α-hetero) is 1. The summed E-state index contributed by atoms with van der Waals surface area (Å²) in [6.07, 6.45) is 2.23. The van der Waals surface area contributed by atoms with Gasteiger partial charge in [-0.3, -0.25) is 9.48 Å². The Labute approximate surface area is 122 Å². The van der Waals surface area contributed by atoms with E-state index in [-0.39, 0.29) is 12.2 Å². The van der Waals surface area contributed by atoms with Crippen molar-refractivity contribution in [3.63, 3.8) is 0 Å². The van der Waals surface area contributed by atoms with E-state index in [4.69, 9.17) is 16.3 Å². The summed E-state index contributed by atoms with van der Waals surface area (Å²) in [7, 11) is 3.34. The van der Waals surface area contributed by atoms with Gasteiger partial charge in [0.2, 0.25) is 5.88 Å². The van der Waals surface area contributed by atoms with Crippen molar-refractivity contribution in [3.8, 4) is 5.88 Å². The number of ketones is 1. The highest BCUT2D eigenvalue weighted by atomic mass is 35.5. The average molecular weight is 294 g/mol. The zero-order valence-electron chi connectivity index (χ0n) is 11.7. The van der Waals surface area contributed by atoms with E-state index in [1.165, 1.54) is 0 Å². The Morgan fingerprint density at radius 2 is 2.15 bits per heavy atom. The molecular formula is C14H16ClN3O2. The van der Waals surface area contributed by atoms with E-state index >= 15 is 0 Å². The van der Waals surface area contributed by atoms with Crippen LogP contribution in [0.3, 0.4) is 0 Å². The topological polar surface area (TPSA) is 57.0 Å². The first-order valence-corrected chi connectivity index (χ1v) is 6.57. The number of aryl methyl sites for hydroxylation is 2. The minimum absolute atomic E-state index is 0.0712. The van der Waals surface area contributed by atoms with Gasteiger partial charge < -0.3 is 4.74 Å². The largest absolute Gasteiger partial charge is 0.481 e. The second-order valence-corrected chi connectivity index (χ2v) is 4.95. The summed E-state index contributed by atoms with van der Waals surface area (Å²) in [5, 5.41) is 4.76. The maximum atomic E-state index is 12.1. The highest BCUT2D eigenvalue weighted by molar-refractivity contribution is 6.32. The summed E-state index contributed by atoms with van der Waals surface area (Å²) >= 11 is 6.14. The minimum atomic E-state index is 0.0712. The van der Waals surface area contributed by atoms with Crippen LogP contribution in [0.4, 0.5) is 0 Å². The number of hydrogen-bond donors (Lipinski definition) is 0. The lowest BCUT2D eigenvalue weighted by atomic mass is 10.1. The fraction of sp³-hybridized carbons (Fsp3) is 0.357. The quantitative estimate of drug-likeness (QED) is 0.847. The van der Waals surface area contributed by atoms with Crippen molar-refractivity contribution in [2.45, 2.75) is 19.8 Å². The molecule has 106 valence electrons. The molecule has 0 fully saturated rings. The number of aromatic nitrogens is 3. The van der Waals surface area contributed by atoms with Crippen LogP contribution in [-0.2, 0) is 24.7 Å². The second-order valence-electron chi connectivity index (χ2n) is 4.57. The van der Waals surface area contributed by atoms with Gasteiger partial charge in [0.1, 0.15) is 5.78 Å². The van der Waals surface area contributed by atoms with Crippen LogP contribution in [0.1, 0.15) is 17.0 Å². The molecule has 0 bridgehead atoms. The van der Waals surface area contributed by atoms with Gasteiger partial charge >= 0.3 is 0 Å². The van der Waals surface area contributed by atoms with Crippen molar-refractivity contribution >= 4 is 17.4 Å². The molecule has 0 spiro atoms. The molecule has 0 radical (unpaired) electrons. The Bertz CT molecular complexity index is 620. The molecule has 0 aliphatic carbocycles. The number of hydrogen-bond acceptors (Lipinski definition) is 4. The normalized spacial score (nSPS) is 10.6. The molecular weight excluding hydrogens is 278 g/mol. The maximum Gasteiger partial charge on any atom is 0.212 e. The second kappa shape index (κ2) is 6.05. The summed E-state index contributed by atoms with van der Waals surface area (Å²) in [6.45, 7) is 1.82. The van der Waals surface area contributed by atoms with Crippen LogP contribution in [0, 0.1) is 6.92 Å². The van der Waals surface area contributed by atoms with Crippen molar-refractivity contribution in [3.05, 3.63) is 40.3 Å². The molecule has 5 nitrogen and oxygen atoms in total. The molecule has 0 amide bonds. The van der Waals surface area contributed by atoms with Gasteiger partial charge in [-0.1, -0.05) is 17.7 Å². The van der Waals surface area contributed by atoms with E-state index in [1.807, 2.05) is 13.0 Å². The number of pyridine rings is 1. The van der Waals surface area contributed by atoms with Crippen molar-refractivity contribution in [1.82, 2.24) is 14.8 Å². The number of ether oxygens (including phenoxy) is 1. The monoisotopic (exact) mass is 293 g/mol. The van der Waals surface area contributed by atoms with Crippen LogP contribution in [0.2, 0.25) is 5.02 Å². The molecule has 6 heteroatoms. The Morgan fingerprint density at radius 1 is 1.40 bits per heavy atom. The molecule has 0 aliphatic rings. The molecule has 0 N–H and O–H groups in total. The van der Waals surface area contributed by atoms with Crippen LogP contribution < -0.4 is 4.74 Å². The fourth-order valence-electron chi connectivity index (χ4n) is 1.99. The van der Waals surface area contributed by atoms with Crippen LogP contribution in [0.15, 0.2) is 18.3 Å². The van der Waals surface area contributed by atoms with Crippen molar-refractivity contribution in [1.29, 1.82) is 0 Å². The Hall–Kier alpha value is -1.88. The van der Waals surface area contributed by atoms with Gasteiger partial charge in [-0.25, -0.2) is 4.98 Å². The fourth-order valence-corrected chi connectivity index (χ4v) is 2.21. The Kier molecular flexibility index (Phi) is 4.39. The van der Waals surface area contributed by atoms with E-state index in [1.54, 1.807) is 31.1 Å². The highest BCUT2D eigenvalue weighted by Crippen LogP contribution is 2.20. The summed E-state index contributed by atoms with van der Waals surface area (Å²) < 4.78 is 6.63. The van der Waals surface area contributed by atoms with Crippen molar-refractivity contribution in [2.24, 2.45) is 7.05 Å². The van der Waals surface area contributed by atoms with Gasteiger partial charge in [-0.15, -0.1) is 0 Å². The van der Waals surface area contributed by atoms with E-state index in [0.29, 0.717) is 17.3 Å². The van der Waals surface area contributed by atoms with Gasteiger partial charge in [-0.05, 0) is 12.5 Å². The molecule has 2 rings (SSSR count). The first-order valence-electron chi connectivity index (χ1n) is 6.20. The summed E-state index contributed by atoms with van der Waals surface area (Å²) in [4.78, 5) is 16.2. The zero-order valence-corrected chi connectivity index (χ0v) is 12.4. The standard InChI is InChI=1S/C14H16ClN3O2/c1-9-14(15)12(18(2)17-9)7-11(19)6-10-4-5-13(20-3)16-8-10/h4-5,8H,6-7H2,1-3H3. The first kappa shape index (κ1) is 14.5. The number of nitrogens with zero attached hydrogens (tertiary/aromatic N) is 3. The molecule has 2 aromatic rings. The average Bonchev–Trinajstić information content (AvgIpc) is 2.66. The minimum Gasteiger partial charge on any atom is -0.481 e. The van der Waals surface area contributed by atoms with Crippen LogP contribution in [0.5, 0.6) is 5.88 Å². The van der Waals surface area contributed by atoms with E-state index in [9.17, 15) is 4.79 Å². The lowest BCUT2D eigenvalue weighted by Crippen LogP contribution is -2.10. The third-order valence-corrected chi connectivity index (χ3v) is 3.53. The maximum absolute atomic E-state index is 12.1. The first-order chi connectivity index (χ1) is 9.51. The molecule has 0 atom stereocenters. The third kappa shape index (κ3) is 3.17. The van der Waals surface area contributed by atoms with E-state index < -0.39 is 0 Å². The van der Waals surface area contributed by atoms with Crippen molar-refractivity contribution < 1.29 is 9.53 Å². The summed E-state index contributed by atoms with van der Waals surface area (Å²) in [5.41, 5.74) is 2.34. The van der Waals surface area contributed by atoms with Crippen LogP contribution in [-0.4, -0.2) is 27.7 Å². The lowest BCUT2D eigenvalue weighted by molar-refractivity contribution is -0.117. The molecule has 0 aromatic carbocycles. The predicted octanol–water partition coefficient (Wildman–Crippen LogP) is 2.14. The highest BCUT2D eigenvalue weighted by Gasteiger charge is 2.15. The van der Waals surface area contributed by atoms with Crippen molar-refractivity contribution in [2.75, 3.05) is 7.11 Å². The summed E-state index contributed by atoms with van der Waals surface area (Å²) in [5.74, 6) is 0.605. The van der Waals surface area contributed by atoms with Crippen LogP contribution in [0.25, 0.3) is 0 Å². The number of carbonyl (C=O) groups excluding carboxylic acids is 1. The van der Waals surface area contributed by atoms with Gasteiger partial charge in [0.15, 0.2) is 0 Å². The van der Waals surface area contributed by atoms with Gasteiger partial charge in [-0.2, -0.15) is 5.10 Å². The number of carbonyl (C=O) groups is 1. The Morgan fingerprint density at radius 3 is 2.65 bits per heavy atom. The SMILES string of the molecule is COc1ccc(CC(=O)Cc2c(Cl)c(C)nn2C)cn1. The van der Waals surface area contributed by atoms with Gasteiger partial charge in [0.25, 0.3) is 0 Å². The molecule has 0 aliphatic heterocycles. The van der Waals surface area contributed by atoms with Gasteiger partial charge in [0, 0.05) is 25.7 Å². The molecule has 0 saturated carbocycles. The predicted molar refractivity (Wildman–Crippen MR) is 76.2 cm³/mol. The molecule has 0 unspecified atom stereocenters. The molecule has 2 aromatic heterocycles. The third-order valence-electron chi connectivity index (χ3n) is 3.03.